The summed E-state index contributed by atoms with van der Waals surface area (Å²) in [5.41, 5.74) is 0.629. The third-order valence-electron chi connectivity index (χ3n) is 2.95. The minimum atomic E-state index is -0.910. The lowest BCUT2D eigenvalue weighted by Crippen LogP contribution is -2.24. The van der Waals surface area contributed by atoms with Crippen LogP contribution in [0.5, 0.6) is 5.75 Å². The van der Waals surface area contributed by atoms with Crippen LogP contribution in [0.25, 0.3) is 0 Å². The Morgan fingerprint density at radius 1 is 1.21 bits per heavy atom. The van der Waals surface area contributed by atoms with E-state index in [2.05, 4.69) is 0 Å². The summed E-state index contributed by atoms with van der Waals surface area (Å²) in [6, 6.07) is 7.23. The smallest absolute Gasteiger partial charge is 0.311 e. The van der Waals surface area contributed by atoms with E-state index in [1.807, 2.05) is 26.0 Å². The van der Waals surface area contributed by atoms with Crippen molar-refractivity contribution in [1.82, 2.24) is 0 Å². The molecule has 106 valence electrons. The number of hydrogen-bond donors (Lipinski definition) is 1. The Bertz CT molecular complexity index is 403. The molecule has 2 atom stereocenters. The van der Waals surface area contributed by atoms with Crippen LogP contribution >= 0.6 is 0 Å². The molecule has 19 heavy (non-hydrogen) atoms. The Hall–Kier alpha value is -1.55. The number of carbonyl (C=O) groups excluding carboxylic acids is 1. The highest BCUT2D eigenvalue weighted by molar-refractivity contribution is 5.73. The fourth-order valence-electron chi connectivity index (χ4n) is 2.00. The molecule has 0 heterocycles. The Kier molecular flexibility index (Phi) is 6.36. The van der Waals surface area contributed by atoms with Crippen LogP contribution < -0.4 is 4.74 Å². The summed E-state index contributed by atoms with van der Waals surface area (Å²) in [6.07, 6.45) is -0.396. The second-order valence-electron chi connectivity index (χ2n) is 4.18. The first-order valence-corrected chi connectivity index (χ1v) is 6.72. The van der Waals surface area contributed by atoms with Gasteiger partial charge in [0.1, 0.15) is 5.75 Å². The average Bonchev–Trinajstić information content (AvgIpc) is 2.40. The minimum Gasteiger partial charge on any atom is -0.493 e. The van der Waals surface area contributed by atoms with Crippen LogP contribution in [0.4, 0.5) is 0 Å². The first-order valence-electron chi connectivity index (χ1n) is 6.72. The number of ether oxygens (including phenoxy) is 2. The largest absolute Gasteiger partial charge is 0.493 e. The number of aliphatic hydroxyl groups is 1. The summed E-state index contributed by atoms with van der Waals surface area (Å²) in [6.45, 7) is 6.32. The maximum absolute atomic E-state index is 11.8. The van der Waals surface area contributed by atoms with Gasteiger partial charge in [0.05, 0.1) is 25.2 Å². The van der Waals surface area contributed by atoms with Gasteiger partial charge in [0.2, 0.25) is 0 Å². The van der Waals surface area contributed by atoms with Gasteiger partial charge in [-0.2, -0.15) is 0 Å². The molecule has 4 nitrogen and oxygen atoms in total. The molecule has 0 bridgehead atoms. The van der Waals surface area contributed by atoms with Crippen LogP contribution in [0.1, 0.15) is 38.9 Å². The van der Waals surface area contributed by atoms with Crippen molar-refractivity contribution in [3.63, 3.8) is 0 Å². The van der Waals surface area contributed by atoms with E-state index >= 15 is 0 Å². The lowest BCUT2D eigenvalue weighted by molar-refractivity contribution is -0.152. The molecule has 0 aliphatic heterocycles. The standard InChI is InChI=1S/C15H22O4/c1-4-11(15(17)19-6-3)14(16)12-9-7-8-10-13(12)18-5-2/h7-11,14,16H,4-6H2,1-3H3. The number of para-hydroxylation sites is 1. The van der Waals surface area contributed by atoms with Crippen LogP contribution in [0.3, 0.4) is 0 Å². The number of esters is 1. The summed E-state index contributed by atoms with van der Waals surface area (Å²) in [4.78, 5) is 11.8. The van der Waals surface area contributed by atoms with Gasteiger partial charge in [-0.1, -0.05) is 25.1 Å². The fraction of sp³-hybridized carbons (Fsp3) is 0.533. The summed E-state index contributed by atoms with van der Waals surface area (Å²) >= 11 is 0. The third kappa shape index (κ3) is 3.96. The number of benzene rings is 1. The van der Waals surface area contributed by atoms with Crippen LogP contribution in [-0.2, 0) is 9.53 Å². The molecule has 0 amide bonds. The monoisotopic (exact) mass is 266 g/mol. The van der Waals surface area contributed by atoms with E-state index in [0.717, 1.165) is 0 Å². The Morgan fingerprint density at radius 3 is 2.47 bits per heavy atom. The molecular formula is C15H22O4. The van der Waals surface area contributed by atoms with Gasteiger partial charge in [0, 0.05) is 5.56 Å². The number of carbonyl (C=O) groups is 1. The predicted molar refractivity (Wildman–Crippen MR) is 73.0 cm³/mol. The van der Waals surface area contributed by atoms with E-state index in [9.17, 15) is 9.90 Å². The lowest BCUT2D eigenvalue weighted by atomic mass is 9.93. The van der Waals surface area contributed by atoms with E-state index < -0.39 is 12.0 Å². The van der Waals surface area contributed by atoms with E-state index in [4.69, 9.17) is 9.47 Å². The van der Waals surface area contributed by atoms with Gasteiger partial charge in [-0.15, -0.1) is 0 Å². The molecular weight excluding hydrogens is 244 g/mol. The second-order valence-corrected chi connectivity index (χ2v) is 4.18. The summed E-state index contributed by atoms with van der Waals surface area (Å²) < 4.78 is 10.5. The molecule has 0 radical (unpaired) electrons. The van der Waals surface area contributed by atoms with Crippen molar-refractivity contribution in [3.8, 4) is 5.75 Å². The number of hydrogen-bond acceptors (Lipinski definition) is 4. The average molecular weight is 266 g/mol. The van der Waals surface area contributed by atoms with Gasteiger partial charge in [-0.05, 0) is 26.3 Å². The van der Waals surface area contributed by atoms with Gasteiger partial charge >= 0.3 is 5.97 Å². The SMILES string of the molecule is CCOC(=O)C(CC)C(O)c1ccccc1OCC. The van der Waals surface area contributed by atoms with Crippen LogP contribution in [-0.4, -0.2) is 24.3 Å². The number of rotatable bonds is 7. The minimum absolute atomic E-state index is 0.315. The molecule has 0 saturated carbocycles. The van der Waals surface area contributed by atoms with Crippen molar-refractivity contribution in [3.05, 3.63) is 29.8 Å². The van der Waals surface area contributed by atoms with Gasteiger partial charge in [0.25, 0.3) is 0 Å². The number of aliphatic hydroxyl groups excluding tert-OH is 1. The van der Waals surface area contributed by atoms with Gasteiger partial charge in [-0.3, -0.25) is 4.79 Å². The van der Waals surface area contributed by atoms with Crippen molar-refractivity contribution >= 4 is 5.97 Å². The highest BCUT2D eigenvalue weighted by Crippen LogP contribution is 2.32. The lowest BCUT2D eigenvalue weighted by Gasteiger charge is -2.22. The maximum Gasteiger partial charge on any atom is 0.311 e. The topological polar surface area (TPSA) is 55.8 Å². The fourth-order valence-corrected chi connectivity index (χ4v) is 2.00. The highest BCUT2D eigenvalue weighted by atomic mass is 16.5. The van der Waals surface area contributed by atoms with Crippen molar-refractivity contribution in [1.29, 1.82) is 0 Å². The zero-order valence-corrected chi connectivity index (χ0v) is 11.8. The molecule has 0 aromatic heterocycles. The van der Waals surface area contributed by atoms with Crippen molar-refractivity contribution in [2.24, 2.45) is 5.92 Å². The Labute approximate surface area is 114 Å². The van der Waals surface area contributed by atoms with Crippen molar-refractivity contribution in [2.75, 3.05) is 13.2 Å². The molecule has 1 aromatic carbocycles. The van der Waals surface area contributed by atoms with E-state index in [1.54, 1.807) is 19.1 Å². The zero-order chi connectivity index (χ0) is 14.3. The zero-order valence-electron chi connectivity index (χ0n) is 11.8. The van der Waals surface area contributed by atoms with Crippen LogP contribution in [0.2, 0.25) is 0 Å². The normalized spacial score (nSPS) is 13.7. The molecule has 0 spiro atoms. The van der Waals surface area contributed by atoms with E-state index in [0.29, 0.717) is 30.9 Å². The molecule has 0 aliphatic carbocycles. The van der Waals surface area contributed by atoms with Gasteiger partial charge < -0.3 is 14.6 Å². The van der Waals surface area contributed by atoms with E-state index in [1.165, 1.54) is 0 Å². The summed E-state index contributed by atoms with van der Waals surface area (Å²) in [5.74, 6) is -0.328. The quantitative estimate of drug-likeness (QED) is 0.771. The highest BCUT2D eigenvalue weighted by Gasteiger charge is 2.29. The van der Waals surface area contributed by atoms with Crippen LogP contribution in [0, 0.1) is 5.92 Å². The van der Waals surface area contributed by atoms with E-state index in [-0.39, 0.29) is 5.97 Å². The molecule has 1 N–H and O–H groups in total. The molecule has 1 aromatic rings. The van der Waals surface area contributed by atoms with Crippen LogP contribution in [0.15, 0.2) is 24.3 Å². The molecule has 0 saturated heterocycles. The van der Waals surface area contributed by atoms with Gasteiger partial charge in [-0.25, -0.2) is 0 Å². The first kappa shape index (κ1) is 15.5. The summed E-state index contributed by atoms with van der Waals surface area (Å²) in [7, 11) is 0. The third-order valence-corrected chi connectivity index (χ3v) is 2.95. The van der Waals surface area contributed by atoms with Crippen molar-refractivity contribution in [2.45, 2.75) is 33.3 Å². The molecule has 0 aliphatic rings. The summed E-state index contributed by atoms with van der Waals surface area (Å²) in [5, 5.41) is 10.4. The van der Waals surface area contributed by atoms with Gasteiger partial charge in [0.15, 0.2) is 0 Å². The predicted octanol–water partition coefficient (Wildman–Crippen LogP) is 2.71. The maximum atomic E-state index is 11.8. The second kappa shape index (κ2) is 7.79. The van der Waals surface area contributed by atoms with Crippen molar-refractivity contribution < 1.29 is 19.4 Å². The Morgan fingerprint density at radius 2 is 1.89 bits per heavy atom. The first-order chi connectivity index (χ1) is 9.15. The molecule has 4 heteroatoms. The molecule has 1 rings (SSSR count). The molecule has 0 fully saturated rings. The Balaban J connectivity index is 2.96. The molecule has 2 unspecified atom stereocenters.